The van der Waals surface area contributed by atoms with Gasteiger partial charge in [-0.15, -0.1) is 11.3 Å². The number of benzene rings is 2. The Bertz CT molecular complexity index is 1150. The second-order valence-corrected chi connectivity index (χ2v) is 8.66. The molecule has 0 bridgehead atoms. The van der Waals surface area contributed by atoms with Crippen molar-refractivity contribution in [2.45, 2.75) is 31.8 Å². The maximum absolute atomic E-state index is 12.5. The number of thiazole rings is 1. The molecule has 0 saturated heterocycles. The zero-order chi connectivity index (χ0) is 23.4. The minimum atomic E-state index is -1.26. The number of aromatic nitrogens is 1. The van der Waals surface area contributed by atoms with Crippen LogP contribution >= 0.6 is 11.3 Å². The Balaban J connectivity index is 1.38. The number of fused-ring (bicyclic) bond motifs is 3. The van der Waals surface area contributed by atoms with Gasteiger partial charge >= 0.3 is 12.1 Å². The molecule has 1 unspecified atom stereocenters. The lowest BCUT2D eigenvalue weighted by atomic mass is 9.98. The van der Waals surface area contributed by atoms with Gasteiger partial charge in [0.05, 0.1) is 13.0 Å². The van der Waals surface area contributed by atoms with E-state index >= 15 is 0 Å². The van der Waals surface area contributed by atoms with E-state index < -0.39 is 30.4 Å². The van der Waals surface area contributed by atoms with Crippen LogP contribution in [0.3, 0.4) is 0 Å². The van der Waals surface area contributed by atoms with Gasteiger partial charge in [-0.1, -0.05) is 48.5 Å². The number of hydrogen-bond donors (Lipinski definition) is 3. The van der Waals surface area contributed by atoms with Crippen molar-refractivity contribution in [1.82, 2.24) is 15.6 Å². The number of carboxylic acid groups (broad SMARTS) is 1. The maximum atomic E-state index is 12.5. The summed E-state index contributed by atoms with van der Waals surface area (Å²) in [5.74, 6) is -1.96. The third-order valence-electron chi connectivity index (χ3n) is 5.41. The van der Waals surface area contributed by atoms with Crippen LogP contribution in [0, 0.1) is 6.92 Å². The Morgan fingerprint density at radius 1 is 1.09 bits per heavy atom. The van der Waals surface area contributed by atoms with Crippen molar-refractivity contribution in [2.75, 3.05) is 6.61 Å². The normalized spacial score (nSPS) is 13.0. The standard InChI is InChI=1S/C24H23N3O5S/c1-14-13-33-21(26-14)11-25-23(30)20(10-22(28)29)27-24(31)32-12-19-17-8-4-2-6-15(17)16-7-3-5-9-18(16)19/h2-9,13,19-20H,10-12H2,1H3,(H,25,30)(H,27,31)(H,28,29). The average Bonchev–Trinajstić information content (AvgIpc) is 3.36. The quantitative estimate of drug-likeness (QED) is 0.469. The van der Waals surface area contributed by atoms with Crippen LogP contribution < -0.4 is 10.6 Å². The number of nitrogens with zero attached hydrogens (tertiary/aromatic N) is 1. The summed E-state index contributed by atoms with van der Waals surface area (Å²) in [5.41, 5.74) is 5.16. The molecule has 0 spiro atoms. The third-order valence-corrected chi connectivity index (χ3v) is 6.38. The number of aryl methyl sites for hydroxylation is 1. The van der Waals surface area contributed by atoms with E-state index in [4.69, 9.17) is 4.74 Å². The molecule has 170 valence electrons. The molecule has 9 heteroatoms. The fourth-order valence-electron chi connectivity index (χ4n) is 3.94. The summed E-state index contributed by atoms with van der Waals surface area (Å²) < 4.78 is 5.43. The van der Waals surface area contributed by atoms with Gasteiger partial charge in [0, 0.05) is 17.0 Å². The number of nitrogens with one attached hydrogen (secondary N) is 2. The Morgan fingerprint density at radius 3 is 2.30 bits per heavy atom. The first-order valence-corrected chi connectivity index (χ1v) is 11.3. The molecule has 1 aromatic heterocycles. The number of carboxylic acids is 1. The summed E-state index contributed by atoms with van der Waals surface area (Å²) in [6.45, 7) is 2.06. The highest BCUT2D eigenvalue weighted by Gasteiger charge is 2.30. The lowest BCUT2D eigenvalue weighted by Crippen LogP contribution is -2.48. The third kappa shape index (κ3) is 5.20. The van der Waals surface area contributed by atoms with E-state index in [1.54, 1.807) is 0 Å². The van der Waals surface area contributed by atoms with Gasteiger partial charge in [0.1, 0.15) is 17.7 Å². The van der Waals surface area contributed by atoms with E-state index in [-0.39, 0.29) is 19.1 Å². The second kappa shape index (κ2) is 9.83. The van der Waals surface area contributed by atoms with Crippen LogP contribution in [0.5, 0.6) is 0 Å². The van der Waals surface area contributed by atoms with E-state index in [9.17, 15) is 19.5 Å². The molecule has 3 N–H and O–H groups in total. The van der Waals surface area contributed by atoms with E-state index in [0.29, 0.717) is 5.01 Å². The molecule has 2 amide bonds. The Morgan fingerprint density at radius 2 is 1.73 bits per heavy atom. The highest BCUT2D eigenvalue weighted by Crippen LogP contribution is 2.44. The van der Waals surface area contributed by atoms with Crippen LogP contribution in [0.25, 0.3) is 11.1 Å². The van der Waals surface area contributed by atoms with Crippen LogP contribution in [0.1, 0.15) is 34.2 Å². The Kier molecular flexibility index (Phi) is 6.69. The summed E-state index contributed by atoms with van der Waals surface area (Å²) in [7, 11) is 0. The lowest BCUT2D eigenvalue weighted by Gasteiger charge is -2.18. The van der Waals surface area contributed by atoms with Gasteiger partial charge in [-0.25, -0.2) is 9.78 Å². The topological polar surface area (TPSA) is 118 Å². The monoisotopic (exact) mass is 465 g/mol. The zero-order valence-corrected chi connectivity index (χ0v) is 18.7. The number of ether oxygens (including phenoxy) is 1. The van der Waals surface area contributed by atoms with Crippen LogP contribution in [-0.2, 0) is 20.9 Å². The van der Waals surface area contributed by atoms with Crippen LogP contribution in [0.15, 0.2) is 53.9 Å². The van der Waals surface area contributed by atoms with E-state index in [2.05, 4.69) is 15.6 Å². The lowest BCUT2D eigenvalue weighted by molar-refractivity contribution is -0.139. The summed E-state index contributed by atoms with van der Waals surface area (Å²) in [6, 6.07) is 14.6. The minimum absolute atomic E-state index is 0.0691. The smallest absolute Gasteiger partial charge is 0.407 e. The van der Waals surface area contributed by atoms with Gasteiger partial charge in [0.15, 0.2) is 0 Å². The molecule has 1 aliphatic rings. The van der Waals surface area contributed by atoms with Crippen molar-refractivity contribution < 1.29 is 24.2 Å². The molecule has 1 heterocycles. The largest absolute Gasteiger partial charge is 0.481 e. The Labute approximate surface area is 194 Å². The first-order chi connectivity index (χ1) is 15.9. The Hall–Kier alpha value is -3.72. The van der Waals surface area contributed by atoms with Crippen LogP contribution in [-0.4, -0.2) is 40.7 Å². The van der Waals surface area contributed by atoms with Crippen LogP contribution in [0.4, 0.5) is 4.79 Å². The van der Waals surface area contributed by atoms with E-state index in [0.717, 1.165) is 27.9 Å². The van der Waals surface area contributed by atoms with Crippen molar-refractivity contribution >= 4 is 29.3 Å². The SMILES string of the molecule is Cc1csc(CNC(=O)C(CC(=O)O)NC(=O)OCC2c3ccccc3-c3ccccc32)n1. The van der Waals surface area contributed by atoms with Gasteiger partial charge in [-0.05, 0) is 29.2 Å². The number of rotatable bonds is 8. The number of alkyl carbamates (subject to hydrolysis) is 1. The summed E-state index contributed by atoms with van der Waals surface area (Å²) in [6.07, 6.45) is -1.41. The van der Waals surface area contributed by atoms with Crippen molar-refractivity contribution in [1.29, 1.82) is 0 Å². The molecule has 33 heavy (non-hydrogen) atoms. The summed E-state index contributed by atoms with van der Waals surface area (Å²) >= 11 is 1.39. The minimum Gasteiger partial charge on any atom is -0.481 e. The maximum Gasteiger partial charge on any atom is 0.407 e. The highest BCUT2D eigenvalue weighted by molar-refractivity contribution is 7.09. The molecular weight excluding hydrogens is 442 g/mol. The number of amides is 2. The molecule has 0 aliphatic heterocycles. The van der Waals surface area contributed by atoms with Gasteiger partial charge in [-0.2, -0.15) is 0 Å². The number of hydrogen-bond acceptors (Lipinski definition) is 6. The fraction of sp³-hybridized carbons (Fsp3) is 0.250. The summed E-state index contributed by atoms with van der Waals surface area (Å²) in [5, 5.41) is 16.7. The molecule has 1 aliphatic carbocycles. The van der Waals surface area contributed by atoms with Crippen LogP contribution in [0.2, 0.25) is 0 Å². The van der Waals surface area contributed by atoms with Crippen molar-refractivity contribution in [3.8, 4) is 11.1 Å². The first-order valence-electron chi connectivity index (χ1n) is 10.4. The predicted molar refractivity (Wildman–Crippen MR) is 123 cm³/mol. The fourth-order valence-corrected chi connectivity index (χ4v) is 4.65. The van der Waals surface area contributed by atoms with E-state index in [1.807, 2.05) is 60.8 Å². The molecule has 8 nitrogen and oxygen atoms in total. The molecule has 0 radical (unpaired) electrons. The van der Waals surface area contributed by atoms with Gasteiger partial charge in [-0.3, -0.25) is 9.59 Å². The van der Waals surface area contributed by atoms with Gasteiger partial charge in [0.2, 0.25) is 5.91 Å². The second-order valence-electron chi connectivity index (χ2n) is 7.72. The van der Waals surface area contributed by atoms with Crippen molar-refractivity contribution in [2.24, 2.45) is 0 Å². The first kappa shape index (κ1) is 22.5. The average molecular weight is 466 g/mol. The number of aliphatic carboxylic acids is 1. The molecular formula is C24H23N3O5S. The van der Waals surface area contributed by atoms with Crippen molar-refractivity contribution in [3.05, 3.63) is 75.7 Å². The number of carbonyl (C=O) groups excluding carboxylic acids is 2. The molecule has 0 fully saturated rings. The van der Waals surface area contributed by atoms with Crippen molar-refractivity contribution in [3.63, 3.8) is 0 Å². The molecule has 1 atom stereocenters. The molecule has 2 aromatic carbocycles. The predicted octanol–water partition coefficient (Wildman–Crippen LogP) is 3.45. The van der Waals surface area contributed by atoms with E-state index in [1.165, 1.54) is 11.3 Å². The number of carbonyl (C=O) groups is 3. The molecule has 4 rings (SSSR count). The zero-order valence-electron chi connectivity index (χ0n) is 17.9. The molecule has 3 aromatic rings. The highest BCUT2D eigenvalue weighted by atomic mass is 32.1. The molecule has 0 saturated carbocycles. The van der Waals surface area contributed by atoms with Gasteiger partial charge in [0.25, 0.3) is 0 Å². The summed E-state index contributed by atoms with van der Waals surface area (Å²) in [4.78, 5) is 40.5. The van der Waals surface area contributed by atoms with Gasteiger partial charge < -0.3 is 20.5 Å².